The summed E-state index contributed by atoms with van der Waals surface area (Å²) >= 11 is 0. The van der Waals surface area contributed by atoms with Gasteiger partial charge < -0.3 is 20.6 Å². The molecule has 7 heteroatoms. The molecule has 0 radical (unpaired) electrons. The van der Waals surface area contributed by atoms with Gasteiger partial charge in [-0.25, -0.2) is 4.98 Å². The number of para-hydroxylation sites is 1. The molecule has 0 unspecified atom stereocenters. The molecule has 1 saturated heterocycles. The molecule has 1 aromatic heterocycles. The van der Waals surface area contributed by atoms with Crippen molar-refractivity contribution in [2.45, 2.75) is 57.8 Å². The number of aromatic nitrogens is 1. The molecule has 5 rings (SSSR count). The fourth-order valence-corrected chi connectivity index (χ4v) is 6.21. The molecule has 0 saturated carbocycles. The Labute approximate surface area is 213 Å². The van der Waals surface area contributed by atoms with Crippen molar-refractivity contribution in [1.29, 1.82) is 0 Å². The largest absolute Gasteiger partial charge is 0.481 e. The first-order valence-electron chi connectivity index (χ1n) is 13.6. The van der Waals surface area contributed by atoms with Crippen LogP contribution in [0.5, 0.6) is 0 Å². The third kappa shape index (κ3) is 6.00. The molecule has 3 aliphatic rings. The number of anilines is 2. The Kier molecular flexibility index (Phi) is 7.73. The fraction of sp³-hybridized carbons (Fsp3) is 0.552. The number of aryl methyl sites for hydroxylation is 2. The number of hydrogen-bond donors (Lipinski definition) is 3. The number of aliphatic carboxylic acids is 1. The summed E-state index contributed by atoms with van der Waals surface area (Å²) in [5, 5.41) is 16.5. The van der Waals surface area contributed by atoms with Crippen molar-refractivity contribution in [3.63, 3.8) is 0 Å². The van der Waals surface area contributed by atoms with Gasteiger partial charge in [0.05, 0.1) is 0 Å². The monoisotopic (exact) mass is 490 g/mol. The molecule has 36 heavy (non-hydrogen) atoms. The molecule has 0 aliphatic carbocycles. The van der Waals surface area contributed by atoms with Gasteiger partial charge in [-0.3, -0.25) is 9.59 Å². The van der Waals surface area contributed by atoms with Crippen molar-refractivity contribution in [2.24, 2.45) is 17.8 Å². The van der Waals surface area contributed by atoms with Gasteiger partial charge in [-0.2, -0.15) is 0 Å². The number of carbonyl (C=O) groups is 2. The Morgan fingerprint density at radius 1 is 1.08 bits per heavy atom. The average Bonchev–Trinajstić information content (AvgIpc) is 2.91. The number of pyridine rings is 1. The van der Waals surface area contributed by atoms with Crippen molar-refractivity contribution in [3.8, 4) is 0 Å². The van der Waals surface area contributed by atoms with Crippen LogP contribution in [0.1, 0.15) is 55.3 Å². The summed E-state index contributed by atoms with van der Waals surface area (Å²) < 4.78 is 0. The van der Waals surface area contributed by atoms with Crippen LogP contribution in [0.2, 0.25) is 0 Å². The lowest BCUT2D eigenvalue weighted by molar-refractivity contribution is -0.138. The summed E-state index contributed by atoms with van der Waals surface area (Å²) in [6.45, 7) is 3.34. The molecule has 3 aliphatic heterocycles. The van der Waals surface area contributed by atoms with Crippen LogP contribution in [0, 0.1) is 17.8 Å². The van der Waals surface area contributed by atoms with Gasteiger partial charge in [0.2, 0.25) is 5.91 Å². The van der Waals surface area contributed by atoms with Crippen LogP contribution in [0.3, 0.4) is 0 Å². The summed E-state index contributed by atoms with van der Waals surface area (Å²) in [4.78, 5) is 31.3. The van der Waals surface area contributed by atoms with Gasteiger partial charge in [0, 0.05) is 50.4 Å². The number of hydrogen-bond acceptors (Lipinski definition) is 5. The summed E-state index contributed by atoms with van der Waals surface area (Å²) in [5.41, 5.74) is 4.71. The van der Waals surface area contributed by atoms with Crippen LogP contribution in [0.4, 0.5) is 11.5 Å². The second kappa shape index (κ2) is 11.3. The normalized spacial score (nSPS) is 20.4. The zero-order valence-corrected chi connectivity index (χ0v) is 21.0. The van der Waals surface area contributed by atoms with Gasteiger partial charge in [0.15, 0.2) is 0 Å². The van der Waals surface area contributed by atoms with Crippen LogP contribution >= 0.6 is 0 Å². The Balaban J connectivity index is 1.11. The third-order valence-electron chi connectivity index (χ3n) is 8.31. The number of rotatable bonds is 8. The van der Waals surface area contributed by atoms with Gasteiger partial charge >= 0.3 is 5.97 Å². The minimum Gasteiger partial charge on any atom is -0.481 e. The van der Waals surface area contributed by atoms with E-state index in [4.69, 9.17) is 4.98 Å². The standard InChI is InChI=1S/C29H38N4O3/c34-27(10-9-25-8-7-21-5-3-13-30-29(21)32-25)33-14-11-20(12-15-33)16-23(18-28(35)36)24-17-22-4-1-2-6-26(22)31-19-24/h1-2,4,6-8,20,23-24,31H,3,5,9-19H2,(H,30,32)(H,35,36)/t23-,24-/m0/s1. The van der Waals surface area contributed by atoms with E-state index in [1.807, 2.05) is 11.0 Å². The number of benzene rings is 1. The number of likely N-dealkylation sites (tertiary alicyclic amines) is 1. The van der Waals surface area contributed by atoms with Gasteiger partial charge in [0.25, 0.3) is 0 Å². The van der Waals surface area contributed by atoms with Gasteiger partial charge in [0.1, 0.15) is 5.82 Å². The number of carboxylic acid groups (broad SMARTS) is 1. The van der Waals surface area contributed by atoms with E-state index in [1.54, 1.807) is 0 Å². The molecule has 2 atom stereocenters. The number of amides is 1. The maximum Gasteiger partial charge on any atom is 0.303 e. The van der Waals surface area contributed by atoms with E-state index < -0.39 is 5.97 Å². The smallest absolute Gasteiger partial charge is 0.303 e. The highest BCUT2D eigenvalue weighted by molar-refractivity contribution is 5.76. The average molecular weight is 491 g/mol. The van der Waals surface area contributed by atoms with Crippen molar-refractivity contribution >= 4 is 23.4 Å². The highest BCUT2D eigenvalue weighted by Crippen LogP contribution is 2.35. The molecule has 4 heterocycles. The number of nitrogens with one attached hydrogen (secondary N) is 2. The second-order valence-corrected chi connectivity index (χ2v) is 10.8. The molecule has 3 N–H and O–H groups in total. The highest BCUT2D eigenvalue weighted by Gasteiger charge is 2.32. The first kappa shape index (κ1) is 24.6. The lowest BCUT2D eigenvalue weighted by atomic mass is 9.75. The lowest BCUT2D eigenvalue weighted by Gasteiger charge is -2.37. The molecule has 1 aromatic carbocycles. The van der Waals surface area contributed by atoms with Crippen molar-refractivity contribution in [2.75, 3.05) is 36.8 Å². The predicted octanol–water partition coefficient (Wildman–Crippen LogP) is 4.38. The van der Waals surface area contributed by atoms with Crippen molar-refractivity contribution < 1.29 is 14.7 Å². The van der Waals surface area contributed by atoms with E-state index in [2.05, 4.69) is 41.0 Å². The molecule has 2 aromatic rings. The first-order chi connectivity index (χ1) is 17.5. The minimum absolute atomic E-state index is 0.152. The summed E-state index contributed by atoms with van der Waals surface area (Å²) in [6, 6.07) is 12.5. The topological polar surface area (TPSA) is 94.6 Å². The number of nitrogens with zero attached hydrogens (tertiary/aromatic N) is 2. The number of carbonyl (C=O) groups excluding carboxylic acids is 1. The molecular weight excluding hydrogens is 452 g/mol. The molecule has 1 amide bonds. The third-order valence-corrected chi connectivity index (χ3v) is 8.31. The van der Waals surface area contributed by atoms with Gasteiger partial charge in [-0.15, -0.1) is 0 Å². The lowest BCUT2D eigenvalue weighted by Crippen LogP contribution is -2.40. The summed E-state index contributed by atoms with van der Waals surface area (Å²) in [5.74, 6) is 1.44. The Morgan fingerprint density at radius 3 is 2.75 bits per heavy atom. The van der Waals surface area contributed by atoms with Gasteiger partial charge in [-0.1, -0.05) is 24.3 Å². The predicted molar refractivity (Wildman–Crippen MR) is 141 cm³/mol. The van der Waals surface area contributed by atoms with Crippen molar-refractivity contribution in [1.82, 2.24) is 9.88 Å². The zero-order valence-electron chi connectivity index (χ0n) is 21.0. The van der Waals surface area contributed by atoms with E-state index in [0.717, 1.165) is 76.2 Å². The minimum atomic E-state index is -0.711. The van der Waals surface area contributed by atoms with E-state index >= 15 is 0 Å². The summed E-state index contributed by atoms with van der Waals surface area (Å²) in [7, 11) is 0. The van der Waals surface area contributed by atoms with Gasteiger partial charge in [-0.05, 0) is 86.0 Å². The quantitative estimate of drug-likeness (QED) is 0.509. The van der Waals surface area contributed by atoms with Crippen LogP contribution < -0.4 is 10.6 Å². The SMILES string of the molecule is O=C(O)C[C@H](CC1CCN(C(=O)CCc2ccc3c(n2)NCCC3)CC1)[C@@H]1CNc2ccccc2C1. The Bertz CT molecular complexity index is 1080. The van der Waals surface area contributed by atoms with E-state index in [-0.39, 0.29) is 18.2 Å². The Hall–Kier alpha value is -3.09. The van der Waals surface area contributed by atoms with Crippen LogP contribution in [-0.2, 0) is 28.9 Å². The maximum atomic E-state index is 12.9. The first-order valence-corrected chi connectivity index (χ1v) is 13.6. The van der Waals surface area contributed by atoms with Crippen LogP contribution in [0.15, 0.2) is 36.4 Å². The van der Waals surface area contributed by atoms with E-state index in [1.165, 1.54) is 16.8 Å². The number of carboxylic acids is 1. The summed E-state index contributed by atoms with van der Waals surface area (Å²) in [6.07, 6.45) is 7.37. The zero-order chi connectivity index (χ0) is 24.9. The Morgan fingerprint density at radius 2 is 1.92 bits per heavy atom. The molecule has 7 nitrogen and oxygen atoms in total. The van der Waals surface area contributed by atoms with E-state index in [0.29, 0.717) is 24.7 Å². The molecule has 0 spiro atoms. The number of piperidine rings is 1. The maximum absolute atomic E-state index is 12.9. The molecule has 0 bridgehead atoms. The molecular formula is C29H38N4O3. The van der Waals surface area contributed by atoms with E-state index in [9.17, 15) is 14.7 Å². The van der Waals surface area contributed by atoms with Crippen molar-refractivity contribution in [3.05, 3.63) is 53.2 Å². The highest BCUT2D eigenvalue weighted by atomic mass is 16.4. The second-order valence-electron chi connectivity index (χ2n) is 10.8. The molecule has 192 valence electrons. The molecule has 1 fully saturated rings. The van der Waals surface area contributed by atoms with Crippen LogP contribution in [-0.4, -0.2) is 53.0 Å². The van der Waals surface area contributed by atoms with Crippen LogP contribution in [0.25, 0.3) is 0 Å². The number of fused-ring (bicyclic) bond motifs is 2. The fourth-order valence-electron chi connectivity index (χ4n) is 6.21.